The summed E-state index contributed by atoms with van der Waals surface area (Å²) in [6.45, 7) is 9.24. The summed E-state index contributed by atoms with van der Waals surface area (Å²) in [5.41, 5.74) is 2.14. The van der Waals surface area contributed by atoms with E-state index in [1.165, 1.54) is 61.3 Å². The number of fused-ring (bicyclic) bond motifs is 1. The van der Waals surface area contributed by atoms with Crippen molar-refractivity contribution in [2.45, 2.75) is 75.7 Å². The van der Waals surface area contributed by atoms with Crippen LogP contribution in [0.3, 0.4) is 0 Å². The fraction of sp³-hybridized carbons (Fsp3) is 0.486. The number of nitrogens with zero attached hydrogens (tertiary/aromatic N) is 3. The van der Waals surface area contributed by atoms with Crippen LogP contribution in [0.1, 0.15) is 51.7 Å². The van der Waals surface area contributed by atoms with E-state index in [2.05, 4.69) is 22.6 Å². The van der Waals surface area contributed by atoms with Gasteiger partial charge in [-0.1, -0.05) is 31.4 Å². The summed E-state index contributed by atoms with van der Waals surface area (Å²) in [5.74, 6) is -5.59. The Bertz CT molecular complexity index is 1820. The van der Waals surface area contributed by atoms with Gasteiger partial charge in [-0.25, -0.2) is 22.0 Å². The number of sulfone groups is 1. The van der Waals surface area contributed by atoms with Gasteiger partial charge in [-0.15, -0.1) is 0 Å². The van der Waals surface area contributed by atoms with Crippen molar-refractivity contribution >= 4 is 33.4 Å². The standard InChI is InChI=1S/C35H42F4N4O7S/c1-8-28(24-17-34(36,37)21-42(7)19-24)48-30(40-6)23-12-15-29-27(16-23)43(18-22-10-13-25(14-11-22)49-35(38,39)9-2)31(44)26(20-51(29,46)47)41-32(45)50-33(3,4)5/h10-16,24,26H,1,9,17-21H2,2-7H3,(H,41,45)/t24?,26-/m0/s1. The Kier molecular flexibility index (Phi) is 11.6. The van der Waals surface area contributed by atoms with Crippen molar-refractivity contribution in [3.63, 3.8) is 0 Å². The van der Waals surface area contributed by atoms with Crippen LogP contribution >= 0.6 is 0 Å². The van der Waals surface area contributed by atoms with Gasteiger partial charge in [0.2, 0.25) is 5.90 Å². The van der Waals surface area contributed by atoms with Crippen LogP contribution in [0.4, 0.5) is 28.0 Å². The van der Waals surface area contributed by atoms with Crippen LogP contribution in [-0.4, -0.2) is 87.8 Å². The van der Waals surface area contributed by atoms with Gasteiger partial charge >= 0.3 is 12.2 Å². The van der Waals surface area contributed by atoms with Gasteiger partial charge in [0, 0.05) is 37.9 Å². The largest absolute Gasteiger partial charge is 0.444 e. The Balaban J connectivity index is 1.75. The second kappa shape index (κ2) is 15.1. The van der Waals surface area contributed by atoms with Gasteiger partial charge in [-0.2, -0.15) is 8.78 Å². The molecule has 1 N–H and O–H groups in total. The lowest BCUT2D eigenvalue weighted by Crippen LogP contribution is -2.51. The van der Waals surface area contributed by atoms with Crippen LogP contribution in [0.2, 0.25) is 0 Å². The molecule has 16 heteroatoms. The average molecular weight is 739 g/mol. The molecule has 0 spiro atoms. The third-order valence-corrected chi connectivity index (χ3v) is 9.74. The van der Waals surface area contributed by atoms with E-state index in [4.69, 9.17) is 14.2 Å². The number of hydrogen-bond acceptors (Lipinski definition) is 9. The zero-order valence-corrected chi connectivity index (χ0v) is 30.1. The lowest BCUT2D eigenvalue weighted by molar-refractivity contribution is -0.177. The van der Waals surface area contributed by atoms with Crippen molar-refractivity contribution in [1.29, 1.82) is 0 Å². The van der Waals surface area contributed by atoms with Crippen LogP contribution in [0, 0.1) is 5.92 Å². The molecule has 2 aliphatic rings. The van der Waals surface area contributed by atoms with Gasteiger partial charge in [0.1, 0.15) is 17.4 Å². The minimum Gasteiger partial charge on any atom is -0.444 e. The zero-order valence-electron chi connectivity index (χ0n) is 29.3. The highest BCUT2D eigenvalue weighted by Crippen LogP contribution is 2.36. The molecule has 2 aromatic carbocycles. The summed E-state index contributed by atoms with van der Waals surface area (Å²) in [4.78, 5) is 33.4. The molecule has 1 saturated heterocycles. The van der Waals surface area contributed by atoms with Crippen molar-refractivity contribution in [3.8, 4) is 5.75 Å². The highest BCUT2D eigenvalue weighted by atomic mass is 32.2. The smallest absolute Gasteiger partial charge is 0.408 e. The van der Waals surface area contributed by atoms with E-state index < -0.39 is 76.6 Å². The van der Waals surface area contributed by atoms with Crippen molar-refractivity contribution < 1.29 is 49.8 Å². The number of aliphatic imine (C=N–C) groups is 1. The molecule has 2 aliphatic heterocycles. The van der Waals surface area contributed by atoms with E-state index in [1.54, 1.807) is 27.8 Å². The topological polar surface area (TPSA) is 127 Å². The molecule has 0 saturated carbocycles. The van der Waals surface area contributed by atoms with Crippen molar-refractivity contribution in [2.24, 2.45) is 10.9 Å². The number of benzene rings is 2. The van der Waals surface area contributed by atoms with Gasteiger partial charge in [0.25, 0.3) is 11.8 Å². The average Bonchev–Trinajstić information content (AvgIpc) is 3.08. The van der Waals surface area contributed by atoms with E-state index in [9.17, 15) is 35.6 Å². The normalized spacial score (nSPS) is 20.8. The first-order valence-electron chi connectivity index (χ1n) is 16.1. The van der Waals surface area contributed by atoms with E-state index in [1.807, 2.05) is 0 Å². The number of piperidine rings is 1. The van der Waals surface area contributed by atoms with Crippen LogP contribution in [0.15, 0.2) is 70.4 Å². The number of rotatable bonds is 9. The molecule has 0 bridgehead atoms. The van der Waals surface area contributed by atoms with Crippen molar-refractivity contribution in [3.05, 3.63) is 71.7 Å². The fourth-order valence-electron chi connectivity index (χ4n) is 5.72. The molecule has 0 aliphatic carbocycles. The molecule has 0 aromatic heterocycles. The first-order valence-corrected chi connectivity index (χ1v) is 17.8. The number of hydrogen-bond donors (Lipinski definition) is 1. The number of halogens is 4. The number of alkyl halides is 4. The third-order valence-electron chi connectivity index (χ3n) is 7.95. The molecule has 2 atom stereocenters. The molecule has 2 aromatic rings. The number of ether oxygens (including phenoxy) is 3. The molecular formula is C35H42F4N4O7S. The number of anilines is 1. The molecule has 4 rings (SSSR count). The second-order valence-corrected chi connectivity index (χ2v) is 15.5. The first-order chi connectivity index (χ1) is 23.7. The SMILES string of the molecule is C=C=C(OC(=NC)c1ccc2c(c1)N(Cc1ccc(OC(F)(F)CC)cc1)C(=O)[C@@H](NC(=O)OC(C)(C)C)CS2(=O)=O)C1CN(C)CC(F)(F)C1. The fourth-order valence-corrected chi connectivity index (χ4v) is 7.33. The second-order valence-electron chi connectivity index (χ2n) is 13.4. The molecular weight excluding hydrogens is 696 g/mol. The van der Waals surface area contributed by atoms with Gasteiger partial charge in [0.15, 0.2) is 15.6 Å². The van der Waals surface area contributed by atoms with Gasteiger partial charge in [-0.05, 0) is 63.7 Å². The minimum atomic E-state index is -4.25. The number of alkyl carbamates (subject to hydrolysis) is 1. The highest BCUT2D eigenvalue weighted by Gasteiger charge is 2.42. The summed E-state index contributed by atoms with van der Waals surface area (Å²) in [6, 6.07) is 7.88. The van der Waals surface area contributed by atoms with Crippen LogP contribution in [0.5, 0.6) is 5.75 Å². The molecule has 0 radical (unpaired) electrons. The van der Waals surface area contributed by atoms with Crippen LogP contribution in [0.25, 0.3) is 0 Å². The Morgan fingerprint density at radius 1 is 1.16 bits per heavy atom. The zero-order chi connectivity index (χ0) is 37.9. The first kappa shape index (κ1) is 39.4. The number of carbonyl (C=O) groups is 2. The Hall–Kier alpha value is -4.40. The summed E-state index contributed by atoms with van der Waals surface area (Å²) in [7, 11) is -1.31. The lowest BCUT2D eigenvalue weighted by atomic mass is 9.94. The number of nitrogens with one attached hydrogen (secondary N) is 1. The lowest BCUT2D eigenvalue weighted by Gasteiger charge is -2.35. The maximum atomic E-state index is 14.4. The maximum Gasteiger partial charge on any atom is 0.408 e. The molecule has 2 amide bonds. The van der Waals surface area contributed by atoms with E-state index in [0.29, 0.717) is 5.56 Å². The Morgan fingerprint density at radius 3 is 2.39 bits per heavy atom. The summed E-state index contributed by atoms with van der Waals surface area (Å²) < 4.78 is 100. The summed E-state index contributed by atoms with van der Waals surface area (Å²) >= 11 is 0. The molecule has 2 heterocycles. The third kappa shape index (κ3) is 10.1. The van der Waals surface area contributed by atoms with E-state index in [-0.39, 0.29) is 46.6 Å². The molecule has 1 unspecified atom stereocenters. The van der Waals surface area contributed by atoms with Gasteiger partial charge in [-0.3, -0.25) is 14.7 Å². The monoisotopic (exact) mass is 738 g/mol. The highest BCUT2D eigenvalue weighted by molar-refractivity contribution is 7.91. The van der Waals surface area contributed by atoms with Crippen molar-refractivity contribution in [1.82, 2.24) is 10.2 Å². The number of amides is 2. The molecule has 1 fully saturated rings. The predicted molar refractivity (Wildman–Crippen MR) is 182 cm³/mol. The van der Waals surface area contributed by atoms with Gasteiger partial charge < -0.3 is 24.4 Å². The Morgan fingerprint density at radius 2 is 1.82 bits per heavy atom. The minimum absolute atomic E-state index is 0.00917. The van der Waals surface area contributed by atoms with Crippen LogP contribution < -0.4 is 15.0 Å². The maximum absolute atomic E-state index is 14.4. The number of carbonyl (C=O) groups excluding carboxylic acids is 2. The Labute approximate surface area is 294 Å². The summed E-state index contributed by atoms with van der Waals surface area (Å²) in [5, 5.41) is 2.37. The molecule has 51 heavy (non-hydrogen) atoms. The quantitative estimate of drug-likeness (QED) is 0.110. The number of likely N-dealkylation sites (tertiary alicyclic amines) is 1. The summed E-state index contributed by atoms with van der Waals surface area (Å²) in [6.07, 6.45) is -5.49. The van der Waals surface area contributed by atoms with Crippen molar-refractivity contribution in [2.75, 3.05) is 37.8 Å². The predicted octanol–water partition coefficient (Wildman–Crippen LogP) is 5.93. The van der Waals surface area contributed by atoms with Crippen LogP contribution in [-0.2, 0) is 30.7 Å². The van der Waals surface area contributed by atoms with E-state index >= 15 is 0 Å². The molecule has 278 valence electrons. The molecule has 11 nitrogen and oxygen atoms in total. The van der Waals surface area contributed by atoms with E-state index in [0.717, 1.165) is 4.90 Å². The van der Waals surface area contributed by atoms with Gasteiger partial charge in [0.05, 0.1) is 29.4 Å².